The third-order valence-corrected chi connectivity index (χ3v) is 7.21. The lowest BCUT2D eigenvalue weighted by atomic mass is 10.1. The van der Waals surface area contributed by atoms with Gasteiger partial charge in [0.25, 0.3) is 0 Å². The molecule has 7 nitrogen and oxygen atoms in total. The summed E-state index contributed by atoms with van der Waals surface area (Å²) >= 11 is 0. The van der Waals surface area contributed by atoms with Gasteiger partial charge in [0.05, 0.1) is 16.0 Å². The molecular weight excluding hydrogens is 422 g/mol. The maximum atomic E-state index is 12.7. The summed E-state index contributed by atoms with van der Waals surface area (Å²) in [5.74, 6) is 0.434. The van der Waals surface area contributed by atoms with Crippen LogP contribution in [-0.4, -0.2) is 23.9 Å². The minimum absolute atomic E-state index is 0.0140. The van der Waals surface area contributed by atoms with Crippen molar-refractivity contribution in [2.75, 3.05) is 10.5 Å². The van der Waals surface area contributed by atoms with Crippen molar-refractivity contribution in [3.8, 4) is 16.9 Å². The van der Waals surface area contributed by atoms with Gasteiger partial charge >= 0.3 is 0 Å². The van der Waals surface area contributed by atoms with Gasteiger partial charge < -0.3 is 15.4 Å². The number of hydrogen-bond donors (Lipinski definition) is 3. The lowest BCUT2D eigenvalue weighted by Crippen LogP contribution is -2.04. The van der Waals surface area contributed by atoms with Crippen LogP contribution in [0.5, 0.6) is 5.75 Å². The molecule has 1 unspecified atom stereocenters. The van der Waals surface area contributed by atoms with Gasteiger partial charge in [0.15, 0.2) is 0 Å². The van der Waals surface area contributed by atoms with Gasteiger partial charge in [0.1, 0.15) is 34.5 Å². The van der Waals surface area contributed by atoms with Crippen LogP contribution in [0.4, 0.5) is 11.5 Å². The van der Waals surface area contributed by atoms with Crippen LogP contribution in [-0.2, 0) is 11.0 Å². The molecule has 2 aromatic carbocycles. The predicted octanol–water partition coefficient (Wildman–Crippen LogP) is 4.94. The highest BCUT2D eigenvalue weighted by atomic mass is 32.2. The Bertz CT molecular complexity index is 1310. The minimum atomic E-state index is -1.48. The maximum Gasteiger partial charge on any atom is 0.150 e. The number of phenols is 1. The van der Waals surface area contributed by atoms with Crippen molar-refractivity contribution in [2.45, 2.75) is 43.5 Å². The Hall–Kier alpha value is -3.39. The van der Waals surface area contributed by atoms with E-state index in [2.05, 4.69) is 25.5 Å². The number of aromatic hydroxyl groups is 1. The zero-order chi connectivity index (χ0) is 22.2. The molecule has 0 spiro atoms. The molecule has 164 valence electrons. The van der Waals surface area contributed by atoms with Crippen LogP contribution in [0.15, 0.2) is 59.9 Å². The fourth-order valence-corrected chi connectivity index (χ4v) is 5.27. The fourth-order valence-electron chi connectivity index (χ4n) is 4.39. The number of anilines is 2. The number of benzene rings is 2. The Balaban J connectivity index is 1.50. The van der Waals surface area contributed by atoms with E-state index in [-0.39, 0.29) is 5.75 Å². The summed E-state index contributed by atoms with van der Waals surface area (Å²) in [6.45, 7) is 1.98. The molecule has 32 heavy (non-hydrogen) atoms. The van der Waals surface area contributed by atoms with Crippen LogP contribution in [0.1, 0.15) is 37.3 Å². The summed E-state index contributed by atoms with van der Waals surface area (Å²) in [4.78, 5) is 9.34. The number of fused-ring (bicyclic) bond motifs is 1. The first-order valence-electron chi connectivity index (χ1n) is 10.7. The van der Waals surface area contributed by atoms with E-state index in [1.54, 1.807) is 12.1 Å². The first kappa shape index (κ1) is 20.5. The molecule has 2 aromatic heterocycles. The van der Waals surface area contributed by atoms with E-state index in [0.717, 1.165) is 40.6 Å². The SMILES string of the molecule is Cc1ccc(S(=O)Nc2ccc(-c3cn(C4CCCC4)c4ncnc(N)c34)cc2O)cc1. The van der Waals surface area contributed by atoms with Crippen LogP contribution in [0.25, 0.3) is 22.2 Å². The lowest BCUT2D eigenvalue weighted by Gasteiger charge is -2.12. The van der Waals surface area contributed by atoms with Crippen molar-refractivity contribution in [3.63, 3.8) is 0 Å². The van der Waals surface area contributed by atoms with Crippen molar-refractivity contribution in [3.05, 3.63) is 60.6 Å². The quantitative estimate of drug-likeness (QED) is 0.376. The highest BCUT2D eigenvalue weighted by Gasteiger charge is 2.23. The lowest BCUT2D eigenvalue weighted by molar-refractivity contribution is 0.478. The Labute approximate surface area is 188 Å². The van der Waals surface area contributed by atoms with E-state index in [1.807, 2.05) is 37.3 Å². The van der Waals surface area contributed by atoms with E-state index in [4.69, 9.17) is 5.73 Å². The van der Waals surface area contributed by atoms with Crippen molar-refractivity contribution in [1.29, 1.82) is 0 Å². The van der Waals surface area contributed by atoms with Gasteiger partial charge in [-0.05, 0) is 49.6 Å². The molecule has 1 aliphatic rings. The van der Waals surface area contributed by atoms with Crippen LogP contribution < -0.4 is 10.5 Å². The summed E-state index contributed by atoms with van der Waals surface area (Å²) in [7, 11) is -1.48. The molecule has 5 rings (SSSR count). The number of nitrogens with two attached hydrogens (primary N) is 1. The van der Waals surface area contributed by atoms with Crippen molar-refractivity contribution < 1.29 is 9.32 Å². The van der Waals surface area contributed by atoms with Gasteiger partial charge in [0.2, 0.25) is 0 Å². The molecule has 0 saturated heterocycles. The highest BCUT2D eigenvalue weighted by molar-refractivity contribution is 7.86. The summed E-state index contributed by atoms with van der Waals surface area (Å²) in [6.07, 6.45) is 8.22. The number of aryl methyl sites for hydroxylation is 1. The van der Waals surface area contributed by atoms with Gasteiger partial charge in [-0.15, -0.1) is 0 Å². The normalized spacial score (nSPS) is 15.3. The Morgan fingerprint density at radius 3 is 2.59 bits per heavy atom. The smallest absolute Gasteiger partial charge is 0.150 e. The molecule has 0 aliphatic heterocycles. The molecule has 8 heteroatoms. The van der Waals surface area contributed by atoms with Crippen molar-refractivity contribution in [2.24, 2.45) is 0 Å². The second-order valence-corrected chi connectivity index (χ2v) is 9.47. The molecular formula is C24H25N5O2S. The van der Waals surface area contributed by atoms with E-state index in [1.165, 1.54) is 19.2 Å². The molecule has 1 saturated carbocycles. The first-order valence-corrected chi connectivity index (χ1v) is 11.9. The van der Waals surface area contributed by atoms with Gasteiger partial charge in [-0.2, -0.15) is 0 Å². The summed E-state index contributed by atoms with van der Waals surface area (Å²) < 4.78 is 17.7. The number of phenolic OH excluding ortho intramolecular Hbond substituents is 1. The van der Waals surface area contributed by atoms with Crippen LogP contribution in [0.2, 0.25) is 0 Å². The van der Waals surface area contributed by atoms with Crippen LogP contribution in [0, 0.1) is 6.92 Å². The maximum absolute atomic E-state index is 12.7. The number of nitrogen functional groups attached to an aromatic ring is 1. The molecule has 0 amide bonds. The molecule has 4 aromatic rings. The van der Waals surface area contributed by atoms with Gasteiger partial charge in [-0.3, -0.25) is 4.72 Å². The van der Waals surface area contributed by atoms with Crippen LogP contribution >= 0.6 is 0 Å². The number of hydrogen-bond acceptors (Lipinski definition) is 5. The molecule has 4 N–H and O–H groups in total. The third-order valence-electron chi connectivity index (χ3n) is 6.10. The van der Waals surface area contributed by atoms with E-state index in [9.17, 15) is 9.32 Å². The van der Waals surface area contributed by atoms with E-state index >= 15 is 0 Å². The molecule has 1 fully saturated rings. The van der Waals surface area contributed by atoms with E-state index in [0.29, 0.717) is 22.4 Å². The van der Waals surface area contributed by atoms with Crippen molar-refractivity contribution >= 4 is 33.5 Å². The fraction of sp³-hybridized carbons (Fsp3) is 0.250. The first-order chi connectivity index (χ1) is 15.5. The Morgan fingerprint density at radius 2 is 1.88 bits per heavy atom. The molecule has 0 radical (unpaired) electrons. The number of rotatable bonds is 5. The van der Waals surface area contributed by atoms with Gasteiger partial charge in [0, 0.05) is 17.8 Å². The minimum Gasteiger partial charge on any atom is -0.506 e. The zero-order valence-electron chi connectivity index (χ0n) is 17.8. The molecule has 1 aliphatic carbocycles. The highest BCUT2D eigenvalue weighted by Crippen LogP contribution is 2.40. The number of nitrogens with zero attached hydrogens (tertiary/aromatic N) is 3. The summed E-state index contributed by atoms with van der Waals surface area (Å²) in [5, 5.41) is 11.5. The molecule has 0 bridgehead atoms. The van der Waals surface area contributed by atoms with E-state index < -0.39 is 11.0 Å². The summed E-state index contributed by atoms with van der Waals surface area (Å²) in [6, 6.07) is 13.1. The number of aromatic nitrogens is 3. The predicted molar refractivity (Wildman–Crippen MR) is 128 cm³/mol. The summed E-state index contributed by atoms with van der Waals surface area (Å²) in [5.41, 5.74) is 10.2. The Kier molecular flexibility index (Phi) is 5.30. The van der Waals surface area contributed by atoms with Gasteiger partial charge in [-0.1, -0.05) is 36.6 Å². The second kappa shape index (κ2) is 8.27. The van der Waals surface area contributed by atoms with Crippen LogP contribution in [0.3, 0.4) is 0 Å². The average Bonchev–Trinajstić information content (AvgIpc) is 3.44. The van der Waals surface area contributed by atoms with Crippen molar-refractivity contribution in [1.82, 2.24) is 14.5 Å². The zero-order valence-corrected chi connectivity index (χ0v) is 18.6. The monoisotopic (exact) mass is 447 g/mol. The largest absolute Gasteiger partial charge is 0.506 e. The second-order valence-electron chi connectivity index (χ2n) is 8.26. The third kappa shape index (κ3) is 3.71. The van der Waals surface area contributed by atoms with Gasteiger partial charge in [-0.25, -0.2) is 14.2 Å². The standard InChI is InChI=1S/C24H25N5O2S/c1-15-6-9-18(10-7-15)32(31)28-20-11-8-16(12-21(20)30)19-13-29(17-4-2-3-5-17)24-22(19)23(25)26-14-27-24/h6-14,17,28,30H,2-5H2,1H3,(H2,25,26,27). The topological polar surface area (TPSA) is 106 Å². The Morgan fingerprint density at radius 1 is 1.12 bits per heavy atom. The average molecular weight is 448 g/mol. The number of nitrogens with one attached hydrogen (secondary N) is 1. The molecule has 1 atom stereocenters. The molecule has 2 heterocycles.